The number of halogens is 3. The Morgan fingerprint density at radius 3 is 2.72 bits per heavy atom. The van der Waals surface area contributed by atoms with Crippen molar-refractivity contribution in [2.24, 2.45) is 0 Å². The predicted octanol–water partition coefficient (Wildman–Crippen LogP) is 4.43. The molecule has 1 saturated heterocycles. The minimum absolute atomic E-state index is 0.0594. The van der Waals surface area contributed by atoms with Gasteiger partial charge in [0, 0.05) is 28.7 Å². The molecule has 14 heteroatoms. The molecule has 0 aliphatic carbocycles. The molecule has 3 aromatic rings. The molecule has 2 atom stereocenters. The van der Waals surface area contributed by atoms with Crippen LogP contribution in [0.2, 0.25) is 0 Å². The number of carbonyl (C=O) groups excluding carboxylic acids is 1. The summed E-state index contributed by atoms with van der Waals surface area (Å²) in [4.78, 5) is 31.2. The van der Waals surface area contributed by atoms with Gasteiger partial charge in [0.05, 0.1) is 24.9 Å². The number of aromatic nitrogens is 3. The molecule has 1 aromatic carbocycles. The van der Waals surface area contributed by atoms with Gasteiger partial charge in [0.25, 0.3) is 5.91 Å². The molecule has 2 aromatic heterocycles. The Balaban J connectivity index is 1.53. The second kappa shape index (κ2) is 11.9. The summed E-state index contributed by atoms with van der Waals surface area (Å²) in [6.07, 6.45) is -3.58. The summed E-state index contributed by atoms with van der Waals surface area (Å²) < 4.78 is 49.9. The number of carbonyl (C=O) groups is 2. The summed E-state index contributed by atoms with van der Waals surface area (Å²) in [5.74, 6) is -0.155. The Hall–Kier alpha value is -3.78. The number of nitrogens with one attached hydrogen (secondary N) is 1. The van der Waals surface area contributed by atoms with E-state index >= 15 is 0 Å². The maximum Gasteiger partial charge on any atom is 0.435 e. The molecule has 10 nitrogen and oxygen atoms in total. The lowest BCUT2D eigenvalue weighted by atomic mass is 10.1. The molecule has 1 unspecified atom stereocenters. The minimum atomic E-state index is -4.61. The number of alkyl halides is 3. The van der Waals surface area contributed by atoms with Crippen molar-refractivity contribution < 1.29 is 37.3 Å². The number of rotatable bonds is 8. The highest BCUT2D eigenvalue weighted by atomic mass is 32.1. The standard InChI is InChI=1S/C25H26F3N5O5S/c1-3-19-11-29-23(39-19)16-8-15(9-17(10-16)38-13-18-12-33(24(35)36)6-7-37-18)22(34)30-14(2)20-4-5-21(32-31-20)25(26,27)28/h4-5,8-11,14,18H,3,6-7,12-13H2,1-2H3,(H,30,34)(H,35,36)/t14?,18-/m1/s1. The van der Waals surface area contributed by atoms with Crippen molar-refractivity contribution in [3.63, 3.8) is 0 Å². The fourth-order valence-corrected chi connectivity index (χ4v) is 4.64. The van der Waals surface area contributed by atoms with Gasteiger partial charge in [0.15, 0.2) is 5.69 Å². The molecule has 0 bridgehead atoms. The number of hydrogen-bond donors (Lipinski definition) is 2. The maximum absolute atomic E-state index is 13.2. The average molecular weight is 566 g/mol. The fourth-order valence-electron chi connectivity index (χ4n) is 3.80. The average Bonchev–Trinajstić information content (AvgIpc) is 3.41. The molecule has 2 amide bonds. The third kappa shape index (κ3) is 7.20. The highest BCUT2D eigenvalue weighted by Crippen LogP contribution is 2.31. The van der Waals surface area contributed by atoms with Crippen LogP contribution in [-0.4, -0.2) is 69.6 Å². The molecule has 0 saturated carbocycles. The first kappa shape index (κ1) is 28.2. The molecule has 1 fully saturated rings. The van der Waals surface area contributed by atoms with E-state index in [2.05, 4.69) is 20.5 Å². The van der Waals surface area contributed by atoms with Crippen LogP contribution in [0.3, 0.4) is 0 Å². The van der Waals surface area contributed by atoms with Crippen molar-refractivity contribution in [2.75, 3.05) is 26.3 Å². The number of hydrogen-bond acceptors (Lipinski definition) is 8. The van der Waals surface area contributed by atoms with Crippen molar-refractivity contribution in [2.45, 2.75) is 38.6 Å². The third-order valence-corrected chi connectivity index (χ3v) is 7.12. The van der Waals surface area contributed by atoms with E-state index in [0.29, 0.717) is 16.3 Å². The van der Waals surface area contributed by atoms with Crippen LogP contribution in [0.15, 0.2) is 36.5 Å². The maximum atomic E-state index is 13.2. The number of amides is 2. The lowest BCUT2D eigenvalue weighted by molar-refractivity contribution is -0.141. The Labute approximate surface area is 225 Å². The first-order chi connectivity index (χ1) is 18.5. The first-order valence-corrected chi connectivity index (χ1v) is 12.9. The summed E-state index contributed by atoms with van der Waals surface area (Å²) in [6.45, 7) is 4.32. The highest BCUT2D eigenvalue weighted by Gasteiger charge is 2.33. The Morgan fingerprint density at radius 1 is 1.28 bits per heavy atom. The minimum Gasteiger partial charge on any atom is -0.491 e. The smallest absolute Gasteiger partial charge is 0.435 e. The van der Waals surface area contributed by atoms with Gasteiger partial charge in [0.2, 0.25) is 0 Å². The van der Waals surface area contributed by atoms with Crippen molar-refractivity contribution in [3.05, 3.63) is 58.4 Å². The highest BCUT2D eigenvalue weighted by molar-refractivity contribution is 7.15. The van der Waals surface area contributed by atoms with Crippen LogP contribution in [0.1, 0.15) is 46.5 Å². The molecular weight excluding hydrogens is 539 g/mol. The van der Waals surface area contributed by atoms with Gasteiger partial charge in [-0.25, -0.2) is 9.78 Å². The van der Waals surface area contributed by atoms with Crippen LogP contribution in [0.5, 0.6) is 5.75 Å². The number of benzene rings is 1. The number of aryl methyl sites for hydroxylation is 1. The molecule has 2 N–H and O–H groups in total. The summed E-state index contributed by atoms with van der Waals surface area (Å²) in [6, 6.07) is 6.15. The van der Waals surface area contributed by atoms with Gasteiger partial charge >= 0.3 is 12.3 Å². The van der Waals surface area contributed by atoms with Crippen molar-refractivity contribution in [1.82, 2.24) is 25.4 Å². The molecule has 0 radical (unpaired) electrons. The van der Waals surface area contributed by atoms with Gasteiger partial charge in [-0.15, -0.1) is 16.4 Å². The van der Waals surface area contributed by atoms with Crippen LogP contribution in [0.25, 0.3) is 10.6 Å². The van der Waals surface area contributed by atoms with E-state index in [1.54, 1.807) is 25.3 Å². The molecule has 39 heavy (non-hydrogen) atoms. The van der Waals surface area contributed by atoms with Crippen molar-refractivity contribution in [1.29, 1.82) is 0 Å². The Morgan fingerprint density at radius 2 is 2.08 bits per heavy atom. The van der Waals surface area contributed by atoms with E-state index in [1.807, 2.05) is 6.92 Å². The Kier molecular flexibility index (Phi) is 8.65. The number of ether oxygens (including phenoxy) is 2. The second-order valence-corrected chi connectivity index (χ2v) is 9.92. The normalized spacial score (nSPS) is 16.5. The predicted molar refractivity (Wildman–Crippen MR) is 135 cm³/mol. The topological polar surface area (TPSA) is 127 Å². The number of carboxylic acid groups (broad SMARTS) is 1. The second-order valence-electron chi connectivity index (χ2n) is 8.80. The number of thiazole rings is 1. The van der Waals surface area contributed by atoms with E-state index in [4.69, 9.17) is 9.47 Å². The molecule has 0 spiro atoms. The van der Waals surface area contributed by atoms with E-state index in [-0.39, 0.29) is 37.6 Å². The van der Waals surface area contributed by atoms with Crippen LogP contribution in [-0.2, 0) is 17.3 Å². The molecular formula is C25H26F3N5O5S. The number of nitrogens with zero attached hydrogens (tertiary/aromatic N) is 4. The van der Waals surface area contributed by atoms with E-state index in [0.717, 1.165) is 23.4 Å². The van der Waals surface area contributed by atoms with Crippen LogP contribution < -0.4 is 10.1 Å². The molecule has 1 aliphatic heterocycles. The summed E-state index contributed by atoms with van der Waals surface area (Å²) in [7, 11) is 0. The van der Waals surface area contributed by atoms with E-state index in [1.165, 1.54) is 22.3 Å². The molecule has 1 aliphatic rings. The SMILES string of the molecule is CCc1cnc(-c2cc(OC[C@H]3CN(C(=O)O)CCO3)cc(C(=O)NC(C)c3ccc(C(F)(F)F)nn3)c2)s1. The van der Waals surface area contributed by atoms with Crippen LogP contribution >= 0.6 is 11.3 Å². The fraction of sp³-hybridized carbons (Fsp3) is 0.400. The molecule has 208 valence electrons. The van der Waals surface area contributed by atoms with Gasteiger partial charge in [-0.3, -0.25) is 4.79 Å². The summed E-state index contributed by atoms with van der Waals surface area (Å²) in [5.41, 5.74) is -0.0863. The monoisotopic (exact) mass is 565 g/mol. The first-order valence-electron chi connectivity index (χ1n) is 12.1. The Bertz CT molecular complexity index is 1320. The van der Waals surface area contributed by atoms with Crippen LogP contribution in [0.4, 0.5) is 18.0 Å². The zero-order valence-corrected chi connectivity index (χ0v) is 21.9. The van der Waals surface area contributed by atoms with Crippen LogP contribution in [0, 0.1) is 0 Å². The van der Waals surface area contributed by atoms with Gasteiger partial charge in [-0.05, 0) is 43.7 Å². The van der Waals surface area contributed by atoms with Crippen molar-refractivity contribution >= 4 is 23.3 Å². The quantitative estimate of drug-likeness (QED) is 0.411. The van der Waals surface area contributed by atoms with Crippen molar-refractivity contribution in [3.8, 4) is 16.3 Å². The van der Waals surface area contributed by atoms with Gasteiger partial charge in [0.1, 0.15) is 23.5 Å². The van der Waals surface area contributed by atoms with Gasteiger partial charge in [-0.1, -0.05) is 6.92 Å². The van der Waals surface area contributed by atoms with E-state index < -0.39 is 36.0 Å². The molecule has 3 heterocycles. The largest absolute Gasteiger partial charge is 0.491 e. The lowest BCUT2D eigenvalue weighted by Gasteiger charge is -2.30. The van der Waals surface area contributed by atoms with E-state index in [9.17, 15) is 27.9 Å². The third-order valence-electron chi connectivity index (χ3n) is 5.93. The van der Waals surface area contributed by atoms with Gasteiger partial charge < -0.3 is 24.8 Å². The van der Waals surface area contributed by atoms with Gasteiger partial charge in [-0.2, -0.15) is 18.3 Å². The zero-order chi connectivity index (χ0) is 28.2. The molecule has 4 rings (SSSR count). The summed E-state index contributed by atoms with van der Waals surface area (Å²) >= 11 is 1.47. The number of morpholine rings is 1. The zero-order valence-electron chi connectivity index (χ0n) is 21.1. The summed E-state index contributed by atoms with van der Waals surface area (Å²) in [5, 5.41) is 19.5. The lowest BCUT2D eigenvalue weighted by Crippen LogP contribution is -2.47.